The van der Waals surface area contributed by atoms with E-state index in [0.29, 0.717) is 13.2 Å². The molecule has 0 N–H and O–H groups in total. The van der Waals surface area contributed by atoms with Gasteiger partial charge in [0.1, 0.15) is 23.9 Å². The van der Waals surface area contributed by atoms with E-state index in [2.05, 4.69) is 36.4 Å². The molecular formula is C49H48O7. The van der Waals surface area contributed by atoms with Crippen LogP contribution in [0.5, 0.6) is 0 Å². The van der Waals surface area contributed by atoms with E-state index in [1.54, 1.807) is 0 Å². The maximum atomic E-state index is 13.4. The minimum atomic E-state index is -1.03. The number of ether oxygens (including phenoxy) is 6. The van der Waals surface area contributed by atoms with Gasteiger partial charge in [-0.05, 0) is 33.4 Å². The fraction of sp³-hybridized carbons (Fsp3) is 0.245. The predicted octanol–water partition coefficient (Wildman–Crippen LogP) is 9.08. The second kappa shape index (κ2) is 19.4. The third kappa shape index (κ3) is 9.51. The molecule has 0 aromatic heterocycles. The van der Waals surface area contributed by atoms with Gasteiger partial charge in [-0.3, -0.25) is 0 Å². The average molecular weight is 749 g/mol. The summed E-state index contributed by atoms with van der Waals surface area (Å²) in [7, 11) is 1.37. The Labute approximate surface area is 329 Å². The third-order valence-corrected chi connectivity index (χ3v) is 10.2. The number of carbonyl (C=O) groups excluding carboxylic acids is 1. The molecule has 1 aliphatic heterocycles. The minimum absolute atomic E-state index is 0.0701. The van der Waals surface area contributed by atoms with Gasteiger partial charge in [0.15, 0.2) is 6.10 Å². The topological polar surface area (TPSA) is 72.5 Å². The van der Waals surface area contributed by atoms with E-state index in [1.807, 2.05) is 146 Å². The molecule has 7 nitrogen and oxygen atoms in total. The van der Waals surface area contributed by atoms with E-state index in [-0.39, 0.29) is 19.6 Å². The molecule has 7 rings (SSSR count). The highest BCUT2D eigenvalue weighted by Crippen LogP contribution is 2.41. The fourth-order valence-corrected chi connectivity index (χ4v) is 7.36. The highest BCUT2D eigenvalue weighted by Gasteiger charge is 2.48. The highest BCUT2D eigenvalue weighted by atomic mass is 16.6. The molecule has 1 saturated heterocycles. The van der Waals surface area contributed by atoms with Gasteiger partial charge >= 0.3 is 5.97 Å². The Morgan fingerprint density at radius 3 is 1.45 bits per heavy atom. The van der Waals surface area contributed by atoms with Gasteiger partial charge in [0, 0.05) is 6.42 Å². The first-order chi connectivity index (χ1) is 27.6. The fourth-order valence-electron chi connectivity index (χ4n) is 7.36. The monoisotopic (exact) mass is 748 g/mol. The first kappa shape index (κ1) is 38.8. The maximum Gasteiger partial charge on any atom is 0.335 e. The molecule has 5 atom stereocenters. The van der Waals surface area contributed by atoms with Crippen molar-refractivity contribution in [3.05, 3.63) is 215 Å². The Balaban J connectivity index is 1.30. The van der Waals surface area contributed by atoms with Crippen molar-refractivity contribution in [1.29, 1.82) is 0 Å². The Morgan fingerprint density at radius 1 is 0.589 bits per heavy atom. The van der Waals surface area contributed by atoms with Crippen LogP contribution < -0.4 is 0 Å². The number of hydrogen-bond acceptors (Lipinski definition) is 7. The Bertz CT molecular complexity index is 1930. The molecular weight excluding hydrogens is 701 g/mol. The summed E-state index contributed by atoms with van der Waals surface area (Å²) in [5, 5.41) is 0. The lowest BCUT2D eigenvalue weighted by Gasteiger charge is -2.44. The first-order valence-corrected chi connectivity index (χ1v) is 19.1. The lowest BCUT2D eigenvalue weighted by atomic mass is 9.80. The number of esters is 1. The van der Waals surface area contributed by atoms with Gasteiger partial charge in [-0.15, -0.1) is 0 Å². The molecule has 1 fully saturated rings. The SMILES string of the molecule is COC(=O)[C@@H]1C[C@@H](OCc2ccccc2)[C@@H](OCc2ccccc2)[C@@H]([C@@H](COC(c2ccccc2)(c2ccccc2)c2ccccc2)OCc2ccccc2)O1. The van der Waals surface area contributed by atoms with Gasteiger partial charge in [0.25, 0.3) is 0 Å². The zero-order valence-corrected chi connectivity index (χ0v) is 31.6. The molecule has 1 aliphatic rings. The van der Waals surface area contributed by atoms with Crippen LogP contribution in [0.25, 0.3) is 0 Å². The Kier molecular flexibility index (Phi) is 13.5. The lowest BCUT2D eigenvalue weighted by Crippen LogP contribution is -2.58. The largest absolute Gasteiger partial charge is 0.467 e. The Hall–Kier alpha value is -5.41. The molecule has 0 amide bonds. The van der Waals surface area contributed by atoms with Crippen molar-refractivity contribution in [2.45, 2.75) is 62.4 Å². The lowest BCUT2D eigenvalue weighted by molar-refractivity contribution is -0.248. The first-order valence-electron chi connectivity index (χ1n) is 19.1. The van der Waals surface area contributed by atoms with Gasteiger partial charge < -0.3 is 28.4 Å². The second-order valence-electron chi connectivity index (χ2n) is 13.9. The molecule has 6 aromatic rings. The standard InChI is InChI=1S/C49H48O7/c1-51-48(50)44-32-43(52-33-37-20-8-2-9-21-37)46(54-35-39-24-12-4-13-25-39)47(56-44)45(53-34-38-22-10-3-11-23-38)36-55-49(40-26-14-5-15-27-40,41-28-16-6-17-29-41)42-30-18-7-19-31-42/h2-31,43-47H,32-36H2,1H3/t43-,44+,45-,46-,47-/m1/s1. The number of carbonyl (C=O) groups is 1. The van der Waals surface area contributed by atoms with E-state index < -0.39 is 42.1 Å². The zero-order chi connectivity index (χ0) is 38.4. The van der Waals surface area contributed by atoms with Crippen molar-refractivity contribution in [1.82, 2.24) is 0 Å². The van der Waals surface area contributed by atoms with Gasteiger partial charge in [0.2, 0.25) is 0 Å². The zero-order valence-electron chi connectivity index (χ0n) is 31.6. The molecule has 0 unspecified atom stereocenters. The molecule has 56 heavy (non-hydrogen) atoms. The maximum absolute atomic E-state index is 13.4. The van der Waals surface area contributed by atoms with E-state index >= 15 is 0 Å². The smallest absolute Gasteiger partial charge is 0.335 e. The van der Waals surface area contributed by atoms with E-state index in [9.17, 15) is 4.79 Å². The molecule has 0 radical (unpaired) electrons. The van der Waals surface area contributed by atoms with E-state index in [0.717, 1.165) is 33.4 Å². The van der Waals surface area contributed by atoms with Crippen molar-refractivity contribution >= 4 is 5.97 Å². The van der Waals surface area contributed by atoms with Crippen molar-refractivity contribution in [2.75, 3.05) is 13.7 Å². The summed E-state index contributed by atoms with van der Waals surface area (Å²) in [6.07, 6.45) is -3.42. The van der Waals surface area contributed by atoms with Crippen LogP contribution in [0.3, 0.4) is 0 Å². The number of rotatable bonds is 17. The predicted molar refractivity (Wildman–Crippen MR) is 216 cm³/mol. The van der Waals surface area contributed by atoms with Crippen LogP contribution in [-0.4, -0.2) is 50.2 Å². The van der Waals surface area contributed by atoms with Crippen LogP contribution in [0.1, 0.15) is 39.8 Å². The Morgan fingerprint density at radius 2 is 1.00 bits per heavy atom. The quantitative estimate of drug-likeness (QED) is 0.0681. The van der Waals surface area contributed by atoms with Crippen molar-refractivity contribution in [3.8, 4) is 0 Å². The van der Waals surface area contributed by atoms with Crippen LogP contribution in [0.4, 0.5) is 0 Å². The number of methoxy groups -OCH3 is 1. The van der Waals surface area contributed by atoms with Crippen molar-refractivity contribution < 1.29 is 33.2 Å². The summed E-state index contributed by atoms with van der Waals surface area (Å²) in [6.45, 7) is 0.963. The van der Waals surface area contributed by atoms with Crippen LogP contribution >= 0.6 is 0 Å². The van der Waals surface area contributed by atoms with E-state index in [1.165, 1.54) is 7.11 Å². The summed E-state index contributed by atoms with van der Waals surface area (Å²) in [6, 6.07) is 60.6. The van der Waals surface area contributed by atoms with Gasteiger partial charge in [-0.2, -0.15) is 0 Å². The van der Waals surface area contributed by atoms with Crippen molar-refractivity contribution in [2.24, 2.45) is 0 Å². The molecule has 1 heterocycles. The molecule has 0 saturated carbocycles. The second-order valence-corrected chi connectivity index (χ2v) is 13.9. The summed E-state index contributed by atoms with van der Waals surface area (Å²) >= 11 is 0. The summed E-state index contributed by atoms with van der Waals surface area (Å²) in [4.78, 5) is 13.4. The van der Waals surface area contributed by atoms with Crippen LogP contribution in [0.2, 0.25) is 0 Å². The highest BCUT2D eigenvalue weighted by molar-refractivity contribution is 5.74. The summed E-state index contributed by atoms with van der Waals surface area (Å²) in [5.41, 5.74) is 4.82. The van der Waals surface area contributed by atoms with Gasteiger partial charge in [0.05, 0.1) is 39.6 Å². The summed E-state index contributed by atoms with van der Waals surface area (Å²) < 4.78 is 39.8. The molecule has 7 heteroatoms. The molecule has 0 spiro atoms. The van der Waals surface area contributed by atoms with Gasteiger partial charge in [-0.1, -0.05) is 182 Å². The van der Waals surface area contributed by atoms with Crippen LogP contribution in [-0.2, 0) is 58.6 Å². The molecule has 0 bridgehead atoms. The third-order valence-electron chi connectivity index (χ3n) is 10.2. The summed E-state index contributed by atoms with van der Waals surface area (Å²) in [5.74, 6) is -0.486. The normalized spacial score (nSPS) is 18.9. The molecule has 286 valence electrons. The van der Waals surface area contributed by atoms with Crippen molar-refractivity contribution in [3.63, 3.8) is 0 Å². The average Bonchev–Trinajstić information content (AvgIpc) is 3.28. The molecule has 0 aliphatic carbocycles. The van der Waals surface area contributed by atoms with Crippen LogP contribution in [0, 0.1) is 0 Å². The number of benzene rings is 6. The minimum Gasteiger partial charge on any atom is -0.467 e. The number of hydrogen-bond donors (Lipinski definition) is 0. The van der Waals surface area contributed by atoms with E-state index in [4.69, 9.17) is 28.4 Å². The van der Waals surface area contributed by atoms with Gasteiger partial charge in [-0.25, -0.2) is 4.79 Å². The molecule has 6 aromatic carbocycles. The van der Waals surface area contributed by atoms with Crippen LogP contribution in [0.15, 0.2) is 182 Å².